The first-order valence-corrected chi connectivity index (χ1v) is 9.76. The van der Waals surface area contributed by atoms with E-state index < -0.39 is 17.4 Å². The molecule has 0 saturated carbocycles. The van der Waals surface area contributed by atoms with Crippen LogP contribution in [0.2, 0.25) is 0 Å². The van der Waals surface area contributed by atoms with Gasteiger partial charge in [-0.25, -0.2) is 9.59 Å². The van der Waals surface area contributed by atoms with Gasteiger partial charge in [-0.2, -0.15) is 0 Å². The topological polar surface area (TPSA) is 61.8 Å². The fraction of sp³-hybridized carbons (Fsp3) is 0.478. The quantitative estimate of drug-likeness (QED) is 0.322. The van der Waals surface area contributed by atoms with Crippen molar-refractivity contribution in [2.45, 2.75) is 39.5 Å². The molecule has 1 atom stereocenters. The highest BCUT2D eigenvalue weighted by molar-refractivity contribution is 6.04. The highest BCUT2D eigenvalue weighted by atomic mass is 16.6. The van der Waals surface area contributed by atoms with E-state index in [1.165, 1.54) is 0 Å². The van der Waals surface area contributed by atoms with Crippen molar-refractivity contribution in [3.8, 4) is 17.6 Å². The molecular formula is C23H28O5. The molecule has 0 amide bonds. The van der Waals surface area contributed by atoms with Crippen LogP contribution in [0.5, 0.6) is 5.75 Å². The van der Waals surface area contributed by atoms with Gasteiger partial charge in [0.05, 0.1) is 20.3 Å². The van der Waals surface area contributed by atoms with Gasteiger partial charge in [-0.05, 0) is 57.4 Å². The summed E-state index contributed by atoms with van der Waals surface area (Å²) in [4.78, 5) is 26.1. The maximum Gasteiger partial charge on any atom is 0.336 e. The Bertz CT molecular complexity index is 733. The zero-order valence-corrected chi connectivity index (χ0v) is 16.8. The predicted molar refractivity (Wildman–Crippen MR) is 107 cm³/mol. The van der Waals surface area contributed by atoms with E-state index in [9.17, 15) is 9.59 Å². The van der Waals surface area contributed by atoms with Crippen molar-refractivity contribution in [3.63, 3.8) is 0 Å². The molecule has 2 rings (SSSR count). The van der Waals surface area contributed by atoms with Gasteiger partial charge in [-0.15, -0.1) is 0 Å². The average molecular weight is 384 g/mol. The summed E-state index contributed by atoms with van der Waals surface area (Å²) in [5, 5.41) is 0. The van der Waals surface area contributed by atoms with Gasteiger partial charge in [0, 0.05) is 11.5 Å². The van der Waals surface area contributed by atoms with Crippen LogP contribution in [0.25, 0.3) is 0 Å². The van der Waals surface area contributed by atoms with Gasteiger partial charge >= 0.3 is 11.9 Å². The van der Waals surface area contributed by atoms with E-state index in [0.29, 0.717) is 17.7 Å². The smallest absolute Gasteiger partial charge is 0.336 e. The van der Waals surface area contributed by atoms with Crippen LogP contribution in [0.4, 0.5) is 0 Å². The molecular weight excluding hydrogens is 356 g/mol. The lowest BCUT2D eigenvalue weighted by Crippen LogP contribution is -2.46. The molecule has 1 aliphatic rings. The van der Waals surface area contributed by atoms with Gasteiger partial charge in [0.2, 0.25) is 5.41 Å². The summed E-state index contributed by atoms with van der Waals surface area (Å²) in [6, 6.07) is 7.14. The van der Waals surface area contributed by atoms with Crippen molar-refractivity contribution in [1.29, 1.82) is 0 Å². The molecule has 0 bridgehead atoms. The minimum absolute atomic E-state index is 0.167. The number of benzene rings is 1. The highest BCUT2D eigenvalue weighted by Crippen LogP contribution is 2.37. The SMILES string of the molecule is CCOC(=O)C(C#Cc1ccc(OC)cc1)(C(=O)OCC)C1C=CCCCC1. The van der Waals surface area contributed by atoms with E-state index >= 15 is 0 Å². The van der Waals surface area contributed by atoms with Gasteiger partial charge < -0.3 is 14.2 Å². The number of ether oxygens (including phenoxy) is 3. The van der Waals surface area contributed by atoms with E-state index in [0.717, 1.165) is 19.3 Å². The summed E-state index contributed by atoms with van der Waals surface area (Å²) >= 11 is 0. The fourth-order valence-electron chi connectivity index (χ4n) is 3.26. The van der Waals surface area contributed by atoms with Crippen molar-refractivity contribution in [2.75, 3.05) is 20.3 Å². The molecule has 150 valence electrons. The number of hydrogen-bond acceptors (Lipinski definition) is 5. The molecule has 5 heteroatoms. The molecule has 0 fully saturated rings. The van der Waals surface area contributed by atoms with Crippen LogP contribution >= 0.6 is 0 Å². The number of allylic oxidation sites excluding steroid dienone is 2. The second kappa shape index (κ2) is 10.6. The molecule has 0 N–H and O–H groups in total. The minimum atomic E-state index is -1.67. The number of rotatable bonds is 6. The standard InChI is InChI=1S/C23H28O5/c1-4-27-21(24)23(22(25)28-5-2,19-10-8-6-7-9-11-19)17-16-18-12-14-20(26-3)15-13-18/h8,10,12-15,19H,4-7,9,11H2,1-3H3. The summed E-state index contributed by atoms with van der Waals surface area (Å²) in [5.41, 5.74) is -0.997. The number of hydrogen-bond donors (Lipinski definition) is 0. The predicted octanol–water partition coefficient (Wildman–Crippen LogP) is 3.91. The Balaban J connectivity index is 2.55. The number of methoxy groups -OCH3 is 1. The fourth-order valence-corrected chi connectivity index (χ4v) is 3.26. The largest absolute Gasteiger partial charge is 0.497 e. The zero-order chi connectivity index (χ0) is 20.4. The molecule has 0 aromatic heterocycles. The third-order valence-electron chi connectivity index (χ3n) is 4.75. The Kier molecular flexibility index (Phi) is 8.13. The Morgan fingerprint density at radius 3 is 2.29 bits per heavy atom. The van der Waals surface area contributed by atoms with Gasteiger partial charge in [-0.1, -0.05) is 30.4 Å². The van der Waals surface area contributed by atoms with E-state index in [1.807, 2.05) is 12.2 Å². The molecule has 28 heavy (non-hydrogen) atoms. The van der Waals surface area contributed by atoms with Crippen molar-refractivity contribution < 1.29 is 23.8 Å². The third-order valence-corrected chi connectivity index (χ3v) is 4.75. The van der Waals surface area contributed by atoms with Crippen molar-refractivity contribution >= 4 is 11.9 Å². The lowest BCUT2D eigenvalue weighted by molar-refractivity contribution is -0.170. The number of esters is 2. The Morgan fingerprint density at radius 2 is 1.71 bits per heavy atom. The molecule has 1 aromatic rings. The lowest BCUT2D eigenvalue weighted by Gasteiger charge is -2.30. The second-order valence-electron chi connectivity index (χ2n) is 6.55. The van der Waals surface area contributed by atoms with E-state index in [2.05, 4.69) is 11.8 Å². The van der Waals surface area contributed by atoms with Gasteiger partial charge in [0.1, 0.15) is 5.75 Å². The summed E-state index contributed by atoms with van der Waals surface area (Å²) < 4.78 is 15.8. The second-order valence-corrected chi connectivity index (χ2v) is 6.55. The molecule has 0 aliphatic heterocycles. The maximum atomic E-state index is 13.0. The maximum absolute atomic E-state index is 13.0. The molecule has 0 heterocycles. The van der Waals surface area contributed by atoms with E-state index in [1.54, 1.807) is 45.2 Å². The first-order valence-electron chi connectivity index (χ1n) is 9.76. The third kappa shape index (κ3) is 4.95. The highest BCUT2D eigenvalue weighted by Gasteiger charge is 2.53. The summed E-state index contributed by atoms with van der Waals surface area (Å²) in [5.74, 6) is 4.98. The molecule has 1 unspecified atom stereocenters. The number of carbonyl (C=O) groups excluding carboxylic acids is 2. The molecule has 0 saturated heterocycles. The minimum Gasteiger partial charge on any atom is -0.497 e. The van der Waals surface area contributed by atoms with Gasteiger partial charge in [0.25, 0.3) is 0 Å². The van der Waals surface area contributed by atoms with Crippen LogP contribution < -0.4 is 4.74 Å². The monoisotopic (exact) mass is 384 g/mol. The summed E-state index contributed by atoms with van der Waals surface area (Å²) in [6.07, 6.45) is 7.45. The van der Waals surface area contributed by atoms with Crippen LogP contribution in [0, 0.1) is 23.2 Å². The van der Waals surface area contributed by atoms with Crippen LogP contribution in [0.15, 0.2) is 36.4 Å². The lowest BCUT2D eigenvalue weighted by atomic mass is 9.73. The zero-order valence-electron chi connectivity index (χ0n) is 16.8. The molecule has 0 radical (unpaired) electrons. The average Bonchev–Trinajstić information content (AvgIpc) is 2.99. The van der Waals surface area contributed by atoms with Crippen molar-refractivity contribution in [2.24, 2.45) is 11.3 Å². The molecule has 0 spiro atoms. The van der Waals surface area contributed by atoms with Crippen molar-refractivity contribution in [3.05, 3.63) is 42.0 Å². The molecule has 5 nitrogen and oxygen atoms in total. The Hall–Kier alpha value is -2.74. The van der Waals surface area contributed by atoms with Gasteiger partial charge in [-0.3, -0.25) is 0 Å². The summed E-state index contributed by atoms with van der Waals surface area (Å²) in [6.45, 7) is 3.77. The normalized spacial score (nSPS) is 16.3. The van der Waals surface area contributed by atoms with E-state index in [-0.39, 0.29) is 19.1 Å². The van der Waals surface area contributed by atoms with Crippen LogP contribution in [0.1, 0.15) is 45.1 Å². The number of carbonyl (C=O) groups is 2. The summed E-state index contributed by atoms with van der Waals surface area (Å²) in [7, 11) is 1.59. The molecule has 1 aromatic carbocycles. The molecule has 1 aliphatic carbocycles. The Morgan fingerprint density at radius 1 is 1.07 bits per heavy atom. The van der Waals surface area contributed by atoms with Crippen molar-refractivity contribution in [1.82, 2.24) is 0 Å². The van der Waals surface area contributed by atoms with Crippen LogP contribution in [-0.2, 0) is 19.1 Å². The first-order chi connectivity index (χ1) is 13.6. The van der Waals surface area contributed by atoms with E-state index in [4.69, 9.17) is 14.2 Å². The van der Waals surface area contributed by atoms with Crippen LogP contribution in [-0.4, -0.2) is 32.3 Å². The first kappa shape index (κ1) is 21.6. The van der Waals surface area contributed by atoms with Crippen LogP contribution in [0.3, 0.4) is 0 Å². The van der Waals surface area contributed by atoms with Gasteiger partial charge in [0.15, 0.2) is 0 Å². The Labute approximate surface area is 167 Å².